The van der Waals surface area contributed by atoms with Gasteiger partial charge in [0.2, 0.25) is 0 Å². The van der Waals surface area contributed by atoms with Crippen molar-refractivity contribution in [1.29, 1.82) is 0 Å². The number of aryl methyl sites for hydroxylation is 1. The zero-order valence-corrected chi connectivity index (χ0v) is 9.91. The van der Waals surface area contributed by atoms with Gasteiger partial charge in [0.05, 0.1) is 5.69 Å². The smallest absolute Gasteiger partial charge is 0.323 e. The molecule has 0 radical (unpaired) electrons. The van der Waals surface area contributed by atoms with Crippen molar-refractivity contribution in [2.75, 3.05) is 0 Å². The Bertz CT molecular complexity index is 362. The Morgan fingerprint density at radius 3 is 2.81 bits per heavy atom. The van der Waals surface area contributed by atoms with Gasteiger partial charge in [-0.2, -0.15) is 0 Å². The van der Waals surface area contributed by atoms with Gasteiger partial charge in [-0.05, 0) is 20.3 Å². The van der Waals surface area contributed by atoms with Gasteiger partial charge in [0, 0.05) is 12.6 Å². The summed E-state index contributed by atoms with van der Waals surface area (Å²) in [6, 6.07) is 1.79. The van der Waals surface area contributed by atoms with Crippen LogP contribution < -0.4 is 5.32 Å². The van der Waals surface area contributed by atoms with Crippen LogP contribution in [0.25, 0.3) is 0 Å². The van der Waals surface area contributed by atoms with E-state index >= 15 is 0 Å². The molecule has 0 saturated carbocycles. The van der Waals surface area contributed by atoms with Crippen molar-refractivity contribution in [2.45, 2.75) is 45.7 Å². The highest BCUT2D eigenvalue weighted by Gasteiger charge is 2.31. The Labute approximate surface area is 94.8 Å². The highest BCUT2D eigenvalue weighted by molar-refractivity contribution is 5.78. The number of rotatable bonds is 6. The zero-order valence-electron chi connectivity index (χ0n) is 9.91. The van der Waals surface area contributed by atoms with Gasteiger partial charge in [-0.3, -0.25) is 10.1 Å². The largest absolute Gasteiger partial charge is 0.480 e. The summed E-state index contributed by atoms with van der Waals surface area (Å²) in [5.74, 6) is -0.112. The van der Waals surface area contributed by atoms with Crippen LogP contribution in [0.5, 0.6) is 0 Å². The van der Waals surface area contributed by atoms with E-state index in [0.717, 1.165) is 17.9 Å². The first-order valence-corrected chi connectivity index (χ1v) is 5.38. The van der Waals surface area contributed by atoms with Crippen LogP contribution in [-0.4, -0.2) is 21.8 Å². The lowest BCUT2D eigenvalue weighted by Gasteiger charge is -2.25. The van der Waals surface area contributed by atoms with Crippen LogP contribution >= 0.6 is 0 Å². The van der Waals surface area contributed by atoms with E-state index in [2.05, 4.69) is 10.5 Å². The predicted octanol–water partition coefficient (Wildman–Crippen LogP) is 1.72. The molecule has 0 saturated heterocycles. The molecular weight excluding hydrogens is 208 g/mol. The lowest BCUT2D eigenvalue weighted by Crippen LogP contribution is -2.48. The Hall–Kier alpha value is -1.36. The summed E-state index contributed by atoms with van der Waals surface area (Å²) < 4.78 is 4.91. The first-order valence-electron chi connectivity index (χ1n) is 5.38. The van der Waals surface area contributed by atoms with Gasteiger partial charge in [0.15, 0.2) is 0 Å². The Morgan fingerprint density at radius 1 is 1.69 bits per heavy atom. The number of hydrogen-bond donors (Lipinski definition) is 2. The molecule has 1 rings (SSSR count). The third-order valence-corrected chi connectivity index (χ3v) is 2.56. The summed E-state index contributed by atoms with van der Waals surface area (Å²) in [4.78, 5) is 11.1. The molecule has 0 aliphatic rings. The molecule has 0 aliphatic carbocycles. The SMILES string of the molecule is CCCC(C)(NCc1cc(C)on1)C(=O)O. The maximum absolute atomic E-state index is 11.1. The first kappa shape index (κ1) is 12.7. The van der Waals surface area contributed by atoms with E-state index < -0.39 is 11.5 Å². The molecule has 5 heteroatoms. The van der Waals surface area contributed by atoms with Crippen molar-refractivity contribution in [3.05, 3.63) is 17.5 Å². The molecule has 1 heterocycles. The first-order chi connectivity index (χ1) is 7.48. The summed E-state index contributed by atoms with van der Waals surface area (Å²) >= 11 is 0. The van der Waals surface area contributed by atoms with E-state index in [-0.39, 0.29) is 0 Å². The highest BCUT2D eigenvalue weighted by atomic mass is 16.5. The minimum absolute atomic E-state index is 0.403. The second kappa shape index (κ2) is 5.12. The minimum Gasteiger partial charge on any atom is -0.480 e. The van der Waals surface area contributed by atoms with Crippen molar-refractivity contribution in [2.24, 2.45) is 0 Å². The van der Waals surface area contributed by atoms with Gasteiger partial charge in [0.1, 0.15) is 11.3 Å². The second-order valence-electron chi connectivity index (χ2n) is 4.17. The molecule has 5 nitrogen and oxygen atoms in total. The molecule has 16 heavy (non-hydrogen) atoms. The molecule has 0 fully saturated rings. The van der Waals surface area contributed by atoms with Gasteiger partial charge in [-0.1, -0.05) is 18.5 Å². The van der Waals surface area contributed by atoms with Crippen molar-refractivity contribution in [3.8, 4) is 0 Å². The summed E-state index contributed by atoms with van der Waals surface area (Å²) in [6.07, 6.45) is 1.40. The van der Waals surface area contributed by atoms with Gasteiger partial charge in [0.25, 0.3) is 0 Å². The molecule has 0 bridgehead atoms. The fourth-order valence-corrected chi connectivity index (χ4v) is 1.56. The topological polar surface area (TPSA) is 75.4 Å². The number of aliphatic carboxylic acids is 1. The number of carboxylic acid groups (broad SMARTS) is 1. The lowest BCUT2D eigenvalue weighted by molar-refractivity contribution is -0.144. The second-order valence-corrected chi connectivity index (χ2v) is 4.17. The van der Waals surface area contributed by atoms with Gasteiger partial charge >= 0.3 is 5.97 Å². The molecule has 0 spiro atoms. The normalized spacial score (nSPS) is 14.7. The lowest BCUT2D eigenvalue weighted by atomic mass is 9.96. The number of aromatic nitrogens is 1. The fraction of sp³-hybridized carbons (Fsp3) is 0.636. The van der Waals surface area contributed by atoms with E-state index in [9.17, 15) is 4.79 Å². The number of nitrogens with zero attached hydrogens (tertiary/aromatic N) is 1. The number of nitrogens with one attached hydrogen (secondary N) is 1. The maximum atomic E-state index is 11.1. The molecule has 0 aromatic carbocycles. The van der Waals surface area contributed by atoms with Crippen LogP contribution in [0.2, 0.25) is 0 Å². The molecular formula is C11H18N2O3. The van der Waals surface area contributed by atoms with Crippen molar-refractivity contribution >= 4 is 5.97 Å². The van der Waals surface area contributed by atoms with Crippen molar-refractivity contribution in [3.63, 3.8) is 0 Å². The van der Waals surface area contributed by atoms with E-state index in [1.165, 1.54) is 0 Å². The van der Waals surface area contributed by atoms with Crippen molar-refractivity contribution in [1.82, 2.24) is 10.5 Å². The Kier molecular flexibility index (Phi) is 4.06. The number of carboxylic acids is 1. The average molecular weight is 226 g/mol. The molecule has 0 amide bonds. The molecule has 1 aromatic rings. The summed E-state index contributed by atoms with van der Waals surface area (Å²) in [5.41, 5.74) is -0.178. The van der Waals surface area contributed by atoms with E-state index in [4.69, 9.17) is 9.63 Å². The molecule has 2 N–H and O–H groups in total. The predicted molar refractivity (Wildman–Crippen MR) is 59.0 cm³/mol. The van der Waals surface area contributed by atoms with Gasteiger partial charge < -0.3 is 9.63 Å². The van der Waals surface area contributed by atoms with Crippen molar-refractivity contribution < 1.29 is 14.4 Å². The van der Waals surface area contributed by atoms with Crippen LogP contribution in [0.15, 0.2) is 10.6 Å². The maximum Gasteiger partial charge on any atom is 0.323 e. The van der Waals surface area contributed by atoms with Crippen LogP contribution in [0.3, 0.4) is 0 Å². The molecule has 1 aromatic heterocycles. The van der Waals surface area contributed by atoms with Crippen LogP contribution in [0.4, 0.5) is 0 Å². The summed E-state index contributed by atoms with van der Waals surface area (Å²) in [5, 5.41) is 16.0. The minimum atomic E-state index is -0.901. The highest BCUT2D eigenvalue weighted by Crippen LogP contribution is 2.13. The molecule has 1 unspecified atom stereocenters. The average Bonchev–Trinajstić information content (AvgIpc) is 2.61. The molecule has 90 valence electrons. The van der Waals surface area contributed by atoms with Gasteiger partial charge in [-0.25, -0.2) is 0 Å². The monoisotopic (exact) mass is 226 g/mol. The summed E-state index contributed by atoms with van der Waals surface area (Å²) in [7, 11) is 0. The Morgan fingerprint density at radius 2 is 2.38 bits per heavy atom. The van der Waals surface area contributed by atoms with E-state index in [0.29, 0.717) is 13.0 Å². The van der Waals surface area contributed by atoms with Crippen LogP contribution in [0.1, 0.15) is 38.1 Å². The van der Waals surface area contributed by atoms with Gasteiger partial charge in [-0.15, -0.1) is 0 Å². The van der Waals surface area contributed by atoms with Crippen LogP contribution in [0, 0.1) is 6.92 Å². The van der Waals surface area contributed by atoms with E-state index in [1.54, 1.807) is 19.9 Å². The number of carbonyl (C=O) groups is 1. The quantitative estimate of drug-likeness (QED) is 0.772. The molecule has 1 atom stereocenters. The fourth-order valence-electron chi connectivity index (χ4n) is 1.56. The summed E-state index contributed by atoms with van der Waals surface area (Å²) in [6.45, 7) is 5.86. The van der Waals surface area contributed by atoms with E-state index in [1.807, 2.05) is 6.92 Å². The van der Waals surface area contributed by atoms with Crippen LogP contribution in [-0.2, 0) is 11.3 Å². The zero-order chi connectivity index (χ0) is 12.2. The third kappa shape index (κ3) is 3.06. The Balaban J connectivity index is 2.60. The third-order valence-electron chi connectivity index (χ3n) is 2.56. The number of hydrogen-bond acceptors (Lipinski definition) is 4. The molecule has 0 aliphatic heterocycles. The standard InChI is InChI=1S/C11H18N2O3/c1-4-5-11(3,10(14)15)12-7-9-6-8(2)16-13-9/h6,12H,4-5,7H2,1-3H3,(H,14,15).